The van der Waals surface area contributed by atoms with E-state index in [9.17, 15) is 5.11 Å². The number of aromatic hydroxyl groups is 1. The third kappa shape index (κ3) is 2.82. The van der Waals surface area contributed by atoms with Gasteiger partial charge in [0.25, 0.3) is 0 Å². The highest BCUT2D eigenvalue weighted by molar-refractivity contribution is 7.22. The molecule has 2 N–H and O–H groups in total. The lowest BCUT2D eigenvalue weighted by Gasteiger charge is -2.09. The first kappa shape index (κ1) is 16.6. The van der Waals surface area contributed by atoms with Gasteiger partial charge >= 0.3 is 0 Å². The lowest BCUT2D eigenvalue weighted by Crippen LogP contribution is -2.00. The number of methoxy groups -OCH3 is 1. The number of ether oxygens (including phenoxy) is 1. The SMILES string of the molecule is COc1cc(Nc2ccc3ncc(-c4cc5ccccc5s4)n3n2)ccc1O. The highest BCUT2D eigenvalue weighted by atomic mass is 32.1. The van der Waals surface area contributed by atoms with Crippen molar-refractivity contribution in [3.8, 4) is 22.1 Å². The van der Waals surface area contributed by atoms with Gasteiger partial charge in [0.15, 0.2) is 23.0 Å². The van der Waals surface area contributed by atoms with Crippen molar-refractivity contribution in [1.82, 2.24) is 14.6 Å². The number of anilines is 2. The van der Waals surface area contributed by atoms with Crippen molar-refractivity contribution in [2.45, 2.75) is 0 Å². The van der Waals surface area contributed by atoms with E-state index in [1.165, 1.54) is 17.2 Å². The lowest BCUT2D eigenvalue weighted by molar-refractivity contribution is 0.374. The normalized spacial score (nSPS) is 11.2. The molecule has 0 spiro atoms. The number of phenolic OH excluding ortho intramolecular Hbond substituents is 1. The summed E-state index contributed by atoms with van der Waals surface area (Å²) in [4.78, 5) is 5.59. The molecule has 0 saturated heterocycles. The Morgan fingerprint density at radius 1 is 1.07 bits per heavy atom. The van der Waals surface area contributed by atoms with Gasteiger partial charge in [0.1, 0.15) is 5.69 Å². The van der Waals surface area contributed by atoms with Crippen LogP contribution in [0.25, 0.3) is 26.3 Å². The fraction of sp³-hybridized carbons (Fsp3) is 0.0476. The average Bonchev–Trinajstić information content (AvgIpc) is 3.32. The molecule has 6 nitrogen and oxygen atoms in total. The van der Waals surface area contributed by atoms with Gasteiger partial charge in [0, 0.05) is 16.5 Å². The molecule has 0 aliphatic carbocycles. The van der Waals surface area contributed by atoms with Gasteiger partial charge in [-0.25, -0.2) is 9.50 Å². The van der Waals surface area contributed by atoms with Crippen molar-refractivity contribution in [2.24, 2.45) is 0 Å². The molecule has 0 bridgehead atoms. The van der Waals surface area contributed by atoms with E-state index in [1.54, 1.807) is 29.5 Å². The van der Waals surface area contributed by atoms with Gasteiger partial charge in [-0.1, -0.05) is 18.2 Å². The standard InChI is InChI=1S/C21H16N4O2S/c1-27-17-11-14(6-7-16(17)26)23-20-8-9-21-22-12-15(25(21)24-20)19-10-13-4-2-3-5-18(13)28-19/h2-12,26H,1H3,(H,23,24). The highest BCUT2D eigenvalue weighted by Gasteiger charge is 2.12. The Hall–Kier alpha value is -3.58. The first-order valence-electron chi connectivity index (χ1n) is 8.69. The van der Waals surface area contributed by atoms with Crippen molar-refractivity contribution in [2.75, 3.05) is 12.4 Å². The first-order valence-corrected chi connectivity index (χ1v) is 9.51. The summed E-state index contributed by atoms with van der Waals surface area (Å²) in [6.07, 6.45) is 1.85. The summed E-state index contributed by atoms with van der Waals surface area (Å²) < 4.78 is 8.23. The molecular weight excluding hydrogens is 372 g/mol. The van der Waals surface area contributed by atoms with Crippen LogP contribution in [0.3, 0.4) is 0 Å². The topological polar surface area (TPSA) is 71.7 Å². The van der Waals surface area contributed by atoms with Crippen molar-refractivity contribution < 1.29 is 9.84 Å². The van der Waals surface area contributed by atoms with Gasteiger partial charge in [-0.2, -0.15) is 0 Å². The maximum absolute atomic E-state index is 9.76. The largest absolute Gasteiger partial charge is 0.504 e. The van der Waals surface area contributed by atoms with Crippen LogP contribution in [0.4, 0.5) is 11.5 Å². The van der Waals surface area contributed by atoms with Crippen LogP contribution < -0.4 is 10.1 Å². The summed E-state index contributed by atoms with van der Waals surface area (Å²) in [6.45, 7) is 0. The number of aromatic nitrogens is 3. The van der Waals surface area contributed by atoms with Gasteiger partial charge in [0.05, 0.1) is 18.2 Å². The van der Waals surface area contributed by atoms with E-state index in [4.69, 9.17) is 9.84 Å². The van der Waals surface area contributed by atoms with Crippen LogP contribution >= 0.6 is 11.3 Å². The summed E-state index contributed by atoms with van der Waals surface area (Å²) >= 11 is 1.72. The summed E-state index contributed by atoms with van der Waals surface area (Å²) in [5, 5.41) is 18.9. The third-order valence-corrected chi connectivity index (χ3v) is 5.63. The molecular formula is C21H16N4O2S. The van der Waals surface area contributed by atoms with E-state index < -0.39 is 0 Å². The molecule has 0 aliphatic rings. The predicted octanol–water partition coefficient (Wildman–Crippen LogP) is 5.07. The van der Waals surface area contributed by atoms with Crippen LogP contribution in [0.1, 0.15) is 0 Å². The van der Waals surface area contributed by atoms with Crippen LogP contribution in [0.15, 0.2) is 66.9 Å². The Bertz CT molecular complexity index is 1280. The van der Waals surface area contributed by atoms with E-state index in [2.05, 4.69) is 28.5 Å². The number of fused-ring (bicyclic) bond motifs is 2. The van der Waals surface area contributed by atoms with E-state index in [1.807, 2.05) is 35.0 Å². The summed E-state index contributed by atoms with van der Waals surface area (Å²) in [7, 11) is 1.52. The zero-order valence-corrected chi connectivity index (χ0v) is 15.8. The van der Waals surface area contributed by atoms with Gasteiger partial charge in [0.2, 0.25) is 0 Å². The highest BCUT2D eigenvalue weighted by Crippen LogP contribution is 2.34. The molecule has 0 aliphatic heterocycles. The number of benzene rings is 2. The van der Waals surface area contributed by atoms with Crippen LogP contribution in [-0.2, 0) is 0 Å². The van der Waals surface area contributed by atoms with E-state index in [-0.39, 0.29) is 5.75 Å². The number of nitrogens with zero attached hydrogens (tertiary/aromatic N) is 3. The van der Waals surface area contributed by atoms with Crippen molar-refractivity contribution in [1.29, 1.82) is 0 Å². The zero-order chi connectivity index (χ0) is 19.1. The molecule has 0 fully saturated rings. The van der Waals surface area contributed by atoms with Crippen LogP contribution in [0.5, 0.6) is 11.5 Å². The lowest BCUT2D eigenvalue weighted by atomic mass is 10.2. The van der Waals surface area contributed by atoms with Crippen molar-refractivity contribution >= 4 is 38.6 Å². The minimum atomic E-state index is 0.0955. The van der Waals surface area contributed by atoms with Crippen LogP contribution in [0.2, 0.25) is 0 Å². The van der Waals surface area contributed by atoms with Gasteiger partial charge in [-0.15, -0.1) is 16.4 Å². The number of hydrogen-bond acceptors (Lipinski definition) is 6. The number of thiophene rings is 1. The number of rotatable bonds is 4. The summed E-state index contributed by atoms with van der Waals surface area (Å²) in [6, 6.07) is 19.3. The van der Waals surface area contributed by atoms with Gasteiger partial charge < -0.3 is 15.2 Å². The average molecular weight is 388 g/mol. The van der Waals surface area contributed by atoms with Crippen LogP contribution in [0, 0.1) is 0 Å². The number of hydrogen-bond donors (Lipinski definition) is 2. The molecule has 0 atom stereocenters. The molecule has 3 heterocycles. The second-order valence-corrected chi connectivity index (χ2v) is 7.38. The Balaban J connectivity index is 1.54. The van der Waals surface area contributed by atoms with Gasteiger partial charge in [-0.3, -0.25) is 0 Å². The number of imidazole rings is 1. The second kappa shape index (κ2) is 6.54. The minimum Gasteiger partial charge on any atom is -0.504 e. The molecule has 3 aromatic heterocycles. The fourth-order valence-corrected chi connectivity index (χ4v) is 4.18. The maximum Gasteiger partial charge on any atom is 0.162 e. The van der Waals surface area contributed by atoms with E-state index in [0.29, 0.717) is 11.6 Å². The zero-order valence-electron chi connectivity index (χ0n) is 15.0. The molecule has 5 rings (SSSR count). The molecule has 0 amide bonds. The van der Waals surface area contributed by atoms with Crippen molar-refractivity contribution in [3.63, 3.8) is 0 Å². The second-order valence-electron chi connectivity index (χ2n) is 6.29. The Morgan fingerprint density at radius 3 is 2.82 bits per heavy atom. The summed E-state index contributed by atoms with van der Waals surface area (Å²) in [5.74, 6) is 1.17. The summed E-state index contributed by atoms with van der Waals surface area (Å²) in [5.41, 5.74) is 2.49. The maximum atomic E-state index is 9.76. The molecule has 28 heavy (non-hydrogen) atoms. The number of phenols is 1. The van der Waals surface area contributed by atoms with Crippen molar-refractivity contribution in [3.05, 3.63) is 66.9 Å². The molecule has 0 saturated carbocycles. The smallest absolute Gasteiger partial charge is 0.162 e. The molecule has 2 aromatic carbocycles. The molecule has 0 radical (unpaired) electrons. The quantitative estimate of drug-likeness (QED) is 0.421. The number of nitrogens with one attached hydrogen (secondary N) is 1. The predicted molar refractivity (Wildman–Crippen MR) is 112 cm³/mol. The molecule has 7 heteroatoms. The Morgan fingerprint density at radius 2 is 1.96 bits per heavy atom. The third-order valence-electron chi connectivity index (χ3n) is 4.49. The van der Waals surface area contributed by atoms with Gasteiger partial charge in [-0.05, 0) is 41.8 Å². The van der Waals surface area contributed by atoms with Crippen LogP contribution in [-0.4, -0.2) is 26.8 Å². The Labute approximate surface area is 164 Å². The van der Waals surface area contributed by atoms with E-state index in [0.717, 1.165) is 21.9 Å². The molecule has 5 aromatic rings. The minimum absolute atomic E-state index is 0.0955. The van der Waals surface area contributed by atoms with E-state index >= 15 is 0 Å². The first-order chi connectivity index (χ1) is 13.7. The fourth-order valence-electron chi connectivity index (χ4n) is 3.12. The monoisotopic (exact) mass is 388 g/mol. The Kier molecular flexibility index (Phi) is 3.87. The molecule has 0 unspecified atom stereocenters. The molecule has 138 valence electrons.